The number of carbonyl (C=O) groups is 1. The monoisotopic (exact) mass is 528 g/mol. The molecule has 0 amide bonds. The molecule has 3 aromatic carbocycles. The van der Waals surface area contributed by atoms with Crippen LogP contribution in [-0.2, 0) is 9.53 Å². The number of hydrogen-bond acceptors (Lipinski definition) is 3. The molecule has 0 aliphatic carbocycles. The molecule has 0 saturated heterocycles. The van der Waals surface area contributed by atoms with Gasteiger partial charge in [-0.2, -0.15) is 0 Å². The highest BCUT2D eigenvalue weighted by Gasteiger charge is 2.12. The van der Waals surface area contributed by atoms with E-state index in [2.05, 4.69) is 67.6 Å². The van der Waals surface area contributed by atoms with Gasteiger partial charge in [-0.25, -0.2) is 0 Å². The van der Waals surface area contributed by atoms with E-state index in [0.717, 1.165) is 29.9 Å². The minimum atomic E-state index is -0.251. The molecule has 210 valence electrons. The molecule has 1 atom stereocenters. The number of esters is 1. The molecule has 0 bridgehead atoms. The largest absolute Gasteiger partial charge is 0.494 e. The third-order valence-corrected chi connectivity index (χ3v) is 7.40. The topological polar surface area (TPSA) is 35.5 Å². The number of carbonyl (C=O) groups excluding carboxylic acids is 1. The van der Waals surface area contributed by atoms with Crippen molar-refractivity contribution >= 4 is 5.97 Å². The summed E-state index contributed by atoms with van der Waals surface area (Å²) < 4.78 is 11.5. The average molecular weight is 529 g/mol. The summed E-state index contributed by atoms with van der Waals surface area (Å²) in [4.78, 5) is 11.6. The van der Waals surface area contributed by atoms with Crippen molar-refractivity contribution < 1.29 is 14.3 Å². The number of benzene rings is 3. The molecule has 3 heteroatoms. The summed E-state index contributed by atoms with van der Waals surface area (Å²) in [6, 6.07) is 25.2. The Morgan fingerprint density at radius 2 is 1.13 bits per heavy atom. The van der Waals surface area contributed by atoms with Crippen molar-refractivity contribution in [2.45, 2.75) is 104 Å². The van der Waals surface area contributed by atoms with E-state index in [-0.39, 0.29) is 12.1 Å². The van der Waals surface area contributed by atoms with E-state index in [1.807, 2.05) is 26.0 Å². The molecule has 1 unspecified atom stereocenters. The highest BCUT2D eigenvalue weighted by Crippen LogP contribution is 2.33. The van der Waals surface area contributed by atoms with E-state index in [4.69, 9.17) is 9.47 Å². The Balaban J connectivity index is 1.45. The second-order valence-electron chi connectivity index (χ2n) is 10.6. The van der Waals surface area contributed by atoms with Gasteiger partial charge < -0.3 is 9.47 Å². The van der Waals surface area contributed by atoms with Crippen LogP contribution in [0.25, 0.3) is 22.3 Å². The van der Waals surface area contributed by atoms with Crippen LogP contribution >= 0.6 is 0 Å². The third kappa shape index (κ3) is 10.5. The minimum absolute atomic E-state index is 0.178. The molecule has 0 N–H and O–H groups in total. The summed E-state index contributed by atoms with van der Waals surface area (Å²) in [6.07, 6.45) is 14.9. The molecule has 0 aliphatic heterocycles. The molecule has 0 heterocycles. The predicted octanol–water partition coefficient (Wildman–Crippen LogP) is 10.7. The van der Waals surface area contributed by atoms with Crippen LogP contribution in [0.3, 0.4) is 0 Å². The third-order valence-electron chi connectivity index (χ3n) is 7.40. The summed E-state index contributed by atoms with van der Waals surface area (Å²) in [5.41, 5.74) is 5.67. The zero-order valence-corrected chi connectivity index (χ0v) is 24.4. The zero-order valence-electron chi connectivity index (χ0n) is 24.4. The smallest absolute Gasteiger partial charge is 0.306 e. The van der Waals surface area contributed by atoms with Crippen molar-refractivity contribution in [2.75, 3.05) is 6.61 Å². The normalized spacial score (nSPS) is 11.8. The van der Waals surface area contributed by atoms with Gasteiger partial charge in [0, 0.05) is 6.42 Å². The number of ether oxygens (including phenoxy) is 2. The minimum Gasteiger partial charge on any atom is -0.494 e. The fraction of sp³-hybridized carbons (Fsp3) is 0.472. The van der Waals surface area contributed by atoms with E-state index in [1.54, 1.807) is 0 Å². The Hall–Kier alpha value is -3.07. The van der Waals surface area contributed by atoms with Crippen molar-refractivity contribution in [1.82, 2.24) is 0 Å². The van der Waals surface area contributed by atoms with Gasteiger partial charge in [-0.1, -0.05) is 139 Å². The highest BCUT2D eigenvalue weighted by molar-refractivity contribution is 5.83. The molecule has 3 aromatic rings. The Morgan fingerprint density at radius 1 is 0.641 bits per heavy atom. The van der Waals surface area contributed by atoms with Crippen LogP contribution in [0.5, 0.6) is 5.75 Å². The lowest BCUT2D eigenvalue weighted by Gasteiger charge is -2.15. The fourth-order valence-electron chi connectivity index (χ4n) is 4.96. The van der Waals surface area contributed by atoms with Crippen molar-refractivity contribution in [3.8, 4) is 28.0 Å². The van der Waals surface area contributed by atoms with Crippen molar-refractivity contribution in [2.24, 2.45) is 0 Å². The van der Waals surface area contributed by atoms with E-state index in [1.165, 1.54) is 80.9 Å². The molecule has 0 aliphatic rings. The molecular formula is C36H48O3. The molecule has 0 saturated carbocycles. The first kappa shape index (κ1) is 30.5. The molecular weight excluding hydrogens is 480 g/mol. The lowest BCUT2D eigenvalue weighted by Crippen LogP contribution is -2.07. The first-order valence-corrected chi connectivity index (χ1v) is 15.2. The molecule has 39 heavy (non-hydrogen) atoms. The van der Waals surface area contributed by atoms with Crippen LogP contribution in [0.1, 0.15) is 109 Å². The van der Waals surface area contributed by atoms with E-state index in [0.29, 0.717) is 6.42 Å². The van der Waals surface area contributed by atoms with Gasteiger partial charge in [0.25, 0.3) is 0 Å². The van der Waals surface area contributed by atoms with Gasteiger partial charge in [-0.3, -0.25) is 4.79 Å². The summed E-state index contributed by atoms with van der Waals surface area (Å²) >= 11 is 0. The van der Waals surface area contributed by atoms with E-state index < -0.39 is 0 Å². The van der Waals surface area contributed by atoms with Crippen LogP contribution in [0.2, 0.25) is 0 Å². The number of rotatable bonds is 18. The first-order valence-electron chi connectivity index (χ1n) is 15.2. The first-order chi connectivity index (χ1) is 19.1. The van der Waals surface area contributed by atoms with Gasteiger partial charge in [0.2, 0.25) is 0 Å². The second-order valence-corrected chi connectivity index (χ2v) is 10.6. The fourth-order valence-corrected chi connectivity index (χ4v) is 4.96. The Morgan fingerprint density at radius 3 is 1.64 bits per heavy atom. The summed E-state index contributed by atoms with van der Waals surface area (Å²) in [7, 11) is 0. The maximum absolute atomic E-state index is 11.6. The van der Waals surface area contributed by atoms with Gasteiger partial charge in [0.1, 0.15) is 11.9 Å². The maximum atomic E-state index is 11.6. The van der Waals surface area contributed by atoms with Gasteiger partial charge in [-0.15, -0.1) is 0 Å². The average Bonchev–Trinajstić information content (AvgIpc) is 2.98. The van der Waals surface area contributed by atoms with Gasteiger partial charge >= 0.3 is 5.97 Å². The van der Waals surface area contributed by atoms with Crippen molar-refractivity contribution in [1.29, 1.82) is 0 Å². The van der Waals surface area contributed by atoms with Crippen molar-refractivity contribution in [3.63, 3.8) is 0 Å². The highest BCUT2D eigenvalue weighted by atomic mass is 16.5. The lowest BCUT2D eigenvalue weighted by molar-refractivity contribution is -0.148. The summed E-state index contributed by atoms with van der Waals surface area (Å²) in [6.45, 7) is 6.79. The quantitative estimate of drug-likeness (QED) is 0.122. The van der Waals surface area contributed by atoms with Crippen LogP contribution in [-0.4, -0.2) is 12.6 Å². The van der Waals surface area contributed by atoms with Gasteiger partial charge in [0.15, 0.2) is 0 Å². The Kier molecular flexibility index (Phi) is 13.7. The Bertz CT molecular complexity index is 1090. The lowest BCUT2D eigenvalue weighted by atomic mass is 9.94. The van der Waals surface area contributed by atoms with Crippen LogP contribution in [0.15, 0.2) is 72.8 Å². The number of hydrogen-bond donors (Lipinski definition) is 0. The second kappa shape index (κ2) is 17.5. The summed E-state index contributed by atoms with van der Waals surface area (Å²) in [5, 5.41) is 0. The van der Waals surface area contributed by atoms with Gasteiger partial charge in [0.05, 0.1) is 6.61 Å². The zero-order chi connectivity index (χ0) is 27.7. The standard InChI is InChI=1S/C36H48O3/c1-4-6-7-8-9-10-11-12-13-14-17-28-38-33-26-24-32(25-27-33)35-19-16-15-18-34(35)31-22-20-30(21-23-31)29(3)39-36(37)5-2/h15-16,18-27,29H,4-14,17,28H2,1-3H3. The van der Waals surface area contributed by atoms with E-state index >= 15 is 0 Å². The molecule has 0 aromatic heterocycles. The SMILES string of the molecule is CCCCCCCCCCCCCOc1ccc(-c2ccccc2-c2ccc(C(C)OC(=O)CC)cc2)cc1. The predicted molar refractivity (Wildman–Crippen MR) is 164 cm³/mol. The molecule has 3 nitrogen and oxygen atoms in total. The number of unbranched alkanes of at least 4 members (excludes halogenated alkanes) is 10. The molecule has 0 fully saturated rings. The molecule has 0 radical (unpaired) electrons. The van der Waals surface area contributed by atoms with Gasteiger partial charge in [-0.05, 0) is 53.3 Å². The van der Waals surface area contributed by atoms with Crippen LogP contribution in [0.4, 0.5) is 0 Å². The molecule has 3 rings (SSSR count). The van der Waals surface area contributed by atoms with Crippen LogP contribution < -0.4 is 4.74 Å². The summed E-state index contributed by atoms with van der Waals surface area (Å²) in [5.74, 6) is 0.756. The van der Waals surface area contributed by atoms with E-state index in [9.17, 15) is 4.79 Å². The Labute approximate surface area is 237 Å². The van der Waals surface area contributed by atoms with Crippen LogP contribution in [0, 0.1) is 0 Å². The maximum Gasteiger partial charge on any atom is 0.306 e. The van der Waals surface area contributed by atoms with Crippen molar-refractivity contribution in [3.05, 3.63) is 78.4 Å². The molecule has 0 spiro atoms.